The molecule has 0 amide bonds. The second kappa shape index (κ2) is 19.6. The van der Waals surface area contributed by atoms with Gasteiger partial charge in [-0.15, -0.1) is 12.3 Å². The molecule has 228 valence electrons. The zero-order chi connectivity index (χ0) is 30.0. The standard InChI is InChI=1S/C35H50N4O2S/c1-4-14-32(24-37-34(31-19-12-7-13-20-31)35(39-41)33(38-40)21-27(2)3)36-23-30(22-28-15-8-5-9-16-28)26-42-25-29-17-10-6-11-18-29/h1,5-6,8-11,15-18,27,30-37H,7,12-14,19-26H2,2-3H3/t30?,32-,33?,34?,35-/m0/s1. The second-order valence-corrected chi connectivity index (χ2v) is 13.3. The Morgan fingerprint density at radius 3 is 2.17 bits per heavy atom. The van der Waals surface area contributed by atoms with Gasteiger partial charge in [0.1, 0.15) is 12.1 Å². The van der Waals surface area contributed by atoms with Crippen LogP contribution in [0.25, 0.3) is 0 Å². The Bertz CT molecular complexity index is 1060. The Labute approximate surface area is 257 Å². The lowest BCUT2D eigenvalue weighted by atomic mass is 9.78. The fraction of sp³-hybridized carbons (Fsp3) is 0.600. The van der Waals surface area contributed by atoms with Gasteiger partial charge in [0.15, 0.2) is 0 Å². The van der Waals surface area contributed by atoms with Crippen molar-refractivity contribution in [3.63, 3.8) is 0 Å². The number of terminal acetylenes is 1. The molecule has 5 atom stereocenters. The topological polar surface area (TPSA) is 82.9 Å². The van der Waals surface area contributed by atoms with Crippen LogP contribution in [0.5, 0.6) is 0 Å². The molecular weight excluding hydrogens is 540 g/mol. The molecule has 7 heteroatoms. The molecule has 0 aliphatic heterocycles. The quantitative estimate of drug-likeness (QED) is 0.122. The highest BCUT2D eigenvalue weighted by Crippen LogP contribution is 2.31. The summed E-state index contributed by atoms with van der Waals surface area (Å²) in [7, 11) is 0. The molecule has 1 aliphatic carbocycles. The van der Waals surface area contributed by atoms with Crippen LogP contribution in [0.3, 0.4) is 0 Å². The van der Waals surface area contributed by atoms with Gasteiger partial charge in [0, 0.05) is 30.8 Å². The zero-order valence-corrected chi connectivity index (χ0v) is 26.3. The Kier molecular flexibility index (Phi) is 15.9. The van der Waals surface area contributed by atoms with E-state index in [9.17, 15) is 9.81 Å². The summed E-state index contributed by atoms with van der Waals surface area (Å²) >= 11 is 1.97. The summed E-state index contributed by atoms with van der Waals surface area (Å²) in [5, 5.41) is 14.4. The average molecular weight is 591 g/mol. The van der Waals surface area contributed by atoms with E-state index in [1.807, 2.05) is 11.8 Å². The van der Waals surface area contributed by atoms with Crippen molar-refractivity contribution in [2.45, 2.75) is 95.1 Å². The van der Waals surface area contributed by atoms with E-state index in [1.54, 1.807) is 0 Å². The molecule has 3 rings (SSSR count). The summed E-state index contributed by atoms with van der Waals surface area (Å²) in [5.41, 5.74) is 2.68. The molecule has 6 nitrogen and oxygen atoms in total. The molecule has 1 aliphatic rings. The van der Waals surface area contributed by atoms with E-state index in [0.717, 1.165) is 50.2 Å². The van der Waals surface area contributed by atoms with Crippen LogP contribution in [-0.2, 0) is 12.2 Å². The van der Waals surface area contributed by atoms with E-state index in [0.29, 0.717) is 31.2 Å². The van der Waals surface area contributed by atoms with Gasteiger partial charge in [0.25, 0.3) is 0 Å². The van der Waals surface area contributed by atoms with Crippen molar-refractivity contribution in [2.24, 2.45) is 28.1 Å². The molecule has 2 aromatic carbocycles. The maximum Gasteiger partial charge on any atom is 0.133 e. The smallest absolute Gasteiger partial charge is 0.133 e. The van der Waals surface area contributed by atoms with Crippen LogP contribution in [0.15, 0.2) is 71.0 Å². The van der Waals surface area contributed by atoms with E-state index < -0.39 is 12.1 Å². The summed E-state index contributed by atoms with van der Waals surface area (Å²) in [6.45, 7) is 5.58. The lowest BCUT2D eigenvalue weighted by molar-refractivity contribution is 0.213. The van der Waals surface area contributed by atoms with Crippen LogP contribution in [-0.4, -0.2) is 43.0 Å². The Hall–Kier alpha value is -2.53. The highest BCUT2D eigenvalue weighted by atomic mass is 32.2. The van der Waals surface area contributed by atoms with Gasteiger partial charge < -0.3 is 10.6 Å². The number of benzene rings is 2. The minimum absolute atomic E-state index is 0.0542. The van der Waals surface area contributed by atoms with Crippen LogP contribution in [0.2, 0.25) is 0 Å². The molecule has 1 saturated carbocycles. The van der Waals surface area contributed by atoms with Gasteiger partial charge in [0.2, 0.25) is 0 Å². The van der Waals surface area contributed by atoms with Crippen molar-refractivity contribution in [1.82, 2.24) is 10.6 Å². The molecule has 2 aromatic rings. The molecule has 0 radical (unpaired) electrons. The van der Waals surface area contributed by atoms with E-state index in [4.69, 9.17) is 6.42 Å². The van der Waals surface area contributed by atoms with Crippen molar-refractivity contribution in [3.8, 4) is 12.3 Å². The van der Waals surface area contributed by atoms with Gasteiger partial charge in [-0.25, -0.2) is 0 Å². The van der Waals surface area contributed by atoms with Gasteiger partial charge in [-0.05, 0) is 66.9 Å². The molecule has 3 unspecified atom stereocenters. The van der Waals surface area contributed by atoms with Crippen molar-refractivity contribution < 1.29 is 0 Å². The van der Waals surface area contributed by atoms with Gasteiger partial charge in [-0.3, -0.25) is 0 Å². The summed E-state index contributed by atoms with van der Waals surface area (Å²) in [6, 6.07) is 19.9. The number of hydrogen-bond acceptors (Lipinski definition) is 7. The van der Waals surface area contributed by atoms with Crippen molar-refractivity contribution in [3.05, 3.63) is 81.6 Å². The number of rotatable bonds is 20. The van der Waals surface area contributed by atoms with E-state index in [-0.39, 0.29) is 18.0 Å². The predicted molar refractivity (Wildman–Crippen MR) is 178 cm³/mol. The lowest BCUT2D eigenvalue weighted by Crippen LogP contribution is -2.53. The first-order chi connectivity index (χ1) is 20.5. The molecule has 0 heterocycles. The second-order valence-electron chi connectivity index (χ2n) is 12.3. The Balaban J connectivity index is 1.66. The zero-order valence-electron chi connectivity index (χ0n) is 25.5. The Morgan fingerprint density at radius 2 is 1.57 bits per heavy atom. The van der Waals surface area contributed by atoms with Crippen LogP contribution in [0.4, 0.5) is 0 Å². The average Bonchev–Trinajstić information content (AvgIpc) is 3.02. The van der Waals surface area contributed by atoms with Crippen LogP contribution in [0.1, 0.15) is 69.9 Å². The minimum atomic E-state index is -0.667. The van der Waals surface area contributed by atoms with E-state index in [2.05, 4.69) is 101 Å². The third-order valence-electron chi connectivity index (χ3n) is 8.38. The minimum Gasteiger partial charge on any atom is -0.311 e. The van der Waals surface area contributed by atoms with Crippen LogP contribution >= 0.6 is 11.8 Å². The van der Waals surface area contributed by atoms with E-state index >= 15 is 0 Å². The van der Waals surface area contributed by atoms with Gasteiger partial charge in [-0.2, -0.15) is 21.6 Å². The maximum absolute atomic E-state index is 12.2. The fourth-order valence-electron chi connectivity index (χ4n) is 6.19. The summed E-state index contributed by atoms with van der Waals surface area (Å²) in [6.07, 6.45) is 13.6. The third-order valence-corrected chi connectivity index (χ3v) is 9.63. The number of thioether (sulfide) groups is 1. The van der Waals surface area contributed by atoms with Crippen LogP contribution in [0, 0.1) is 39.9 Å². The SMILES string of the molecule is C#CC[C@@H](CNC(C1CCCCC1)[C@@H](N=O)C(CC(C)C)N=O)NCC(CSCc1ccccc1)Cc1ccccc1. The first kappa shape index (κ1) is 34.0. The van der Waals surface area contributed by atoms with Crippen molar-refractivity contribution in [1.29, 1.82) is 0 Å². The largest absolute Gasteiger partial charge is 0.311 e. The normalized spacial score (nSPS) is 17.6. The molecule has 1 fully saturated rings. The molecular formula is C35H50N4O2S. The first-order valence-electron chi connectivity index (χ1n) is 15.7. The molecule has 0 aromatic heterocycles. The first-order valence-corrected chi connectivity index (χ1v) is 16.9. The number of nitrogens with one attached hydrogen (secondary N) is 2. The molecule has 0 spiro atoms. The lowest BCUT2D eigenvalue weighted by Gasteiger charge is -2.36. The number of nitroso groups, excluding NO2 is 2. The highest BCUT2D eigenvalue weighted by molar-refractivity contribution is 7.98. The van der Waals surface area contributed by atoms with Gasteiger partial charge in [-0.1, -0.05) is 104 Å². The monoisotopic (exact) mass is 590 g/mol. The molecule has 0 bridgehead atoms. The van der Waals surface area contributed by atoms with E-state index in [1.165, 1.54) is 17.5 Å². The van der Waals surface area contributed by atoms with Gasteiger partial charge in [0.05, 0.1) is 0 Å². The molecule has 2 N–H and O–H groups in total. The molecule has 42 heavy (non-hydrogen) atoms. The van der Waals surface area contributed by atoms with Crippen molar-refractivity contribution >= 4 is 11.8 Å². The number of nitrogens with zero attached hydrogens (tertiary/aromatic N) is 2. The van der Waals surface area contributed by atoms with Gasteiger partial charge >= 0.3 is 0 Å². The fourth-order valence-corrected chi connectivity index (χ4v) is 7.30. The summed E-state index contributed by atoms with van der Waals surface area (Å²) in [4.78, 5) is 24.0. The maximum atomic E-state index is 12.2. The predicted octanol–water partition coefficient (Wildman–Crippen LogP) is 7.61. The summed E-state index contributed by atoms with van der Waals surface area (Å²) < 4.78 is 0. The Morgan fingerprint density at radius 1 is 0.905 bits per heavy atom. The number of hydrogen-bond donors (Lipinski definition) is 2. The highest BCUT2D eigenvalue weighted by Gasteiger charge is 2.37. The van der Waals surface area contributed by atoms with Crippen LogP contribution < -0.4 is 10.6 Å². The molecule has 0 saturated heterocycles. The van der Waals surface area contributed by atoms with Crippen molar-refractivity contribution in [2.75, 3.05) is 18.8 Å². The third kappa shape index (κ3) is 12.0. The summed E-state index contributed by atoms with van der Waals surface area (Å²) in [5.74, 6) is 5.90.